The predicted molar refractivity (Wildman–Crippen MR) is 114 cm³/mol. The van der Waals surface area contributed by atoms with Gasteiger partial charge >= 0.3 is 5.97 Å². The maximum atomic E-state index is 12.8. The van der Waals surface area contributed by atoms with Gasteiger partial charge in [0.25, 0.3) is 5.91 Å². The van der Waals surface area contributed by atoms with Crippen LogP contribution in [0.15, 0.2) is 22.7 Å². The maximum absolute atomic E-state index is 12.8. The van der Waals surface area contributed by atoms with Crippen LogP contribution < -0.4 is 10.1 Å². The van der Waals surface area contributed by atoms with Crippen LogP contribution in [-0.2, 0) is 22.3 Å². The number of ether oxygens (including phenoxy) is 3. The van der Waals surface area contributed by atoms with Crippen molar-refractivity contribution in [1.29, 1.82) is 0 Å². The second kappa shape index (κ2) is 8.85. The zero-order valence-corrected chi connectivity index (χ0v) is 18.5. The van der Waals surface area contributed by atoms with Crippen LogP contribution in [0.5, 0.6) is 5.75 Å². The van der Waals surface area contributed by atoms with E-state index in [-0.39, 0.29) is 12.0 Å². The topological polar surface area (TPSA) is 73.9 Å². The van der Waals surface area contributed by atoms with Crippen LogP contribution >= 0.6 is 27.3 Å². The average molecular weight is 480 g/mol. The highest BCUT2D eigenvalue weighted by Crippen LogP contribution is 2.39. The van der Waals surface area contributed by atoms with Crippen LogP contribution in [0.4, 0.5) is 5.00 Å². The van der Waals surface area contributed by atoms with Gasteiger partial charge in [-0.15, -0.1) is 11.3 Å². The highest BCUT2D eigenvalue weighted by Gasteiger charge is 2.28. The van der Waals surface area contributed by atoms with Crippen LogP contribution in [-0.4, -0.2) is 38.3 Å². The number of amides is 1. The van der Waals surface area contributed by atoms with Gasteiger partial charge in [-0.25, -0.2) is 4.79 Å². The summed E-state index contributed by atoms with van der Waals surface area (Å²) in [4.78, 5) is 26.2. The number of thiophene rings is 1. The lowest BCUT2D eigenvalue weighted by atomic mass is 10.1. The molecule has 1 amide bonds. The van der Waals surface area contributed by atoms with E-state index in [2.05, 4.69) is 21.2 Å². The first-order chi connectivity index (χ1) is 14.1. The van der Waals surface area contributed by atoms with E-state index >= 15 is 0 Å². The number of carbonyl (C=O) groups excluding carboxylic acids is 2. The molecule has 0 radical (unpaired) electrons. The summed E-state index contributed by atoms with van der Waals surface area (Å²) in [6, 6.07) is 5.20. The van der Waals surface area contributed by atoms with Crippen molar-refractivity contribution >= 4 is 44.1 Å². The van der Waals surface area contributed by atoms with E-state index in [1.807, 2.05) is 0 Å². The minimum atomic E-state index is -0.404. The third-order valence-electron chi connectivity index (χ3n) is 5.18. The number of hydrogen-bond donors (Lipinski definition) is 1. The molecule has 1 aromatic heterocycles. The quantitative estimate of drug-likeness (QED) is 0.612. The van der Waals surface area contributed by atoms with E-state index in [4.69, 9.17) is 14.2 Å². The number of rotatable bonds is 6. The molecule has 154 valence electrons. The van der Waals surface area contributed by atoms with Gasteiger partial charge in [0.05, 0.1) is 23.2 Å². The summed E-state index contributed by atoms with van der Waals surface area (Å²) in [6.07, 6.45) is 5.00. The molecule has 0 spiro atoms. The minimum Gasteiger partial charge on any atom is -0.490 e. The van der Waals surface area contributed by atoms with Crippen LogP contribution in [0.3, 0.4) is 0 Å². The Morgan fingerprint density at radius 1 is 1.31 bits per heavy atom. The van der Waals surface area contributed by atoms with E-state index in [9.17, 15) is 9.59 Å². The lowest BCUT2D eigenvalue weighted by Gasteiger charge is -2.13. The fraction of sp³-hybridized carbons (Fsp3) is 0.429. The molecule has 2 heterocycles. The third-order valence-corrected chi connectivity index (χ3v) is 7.01. The molecule has 2 aromatic rings. The zero-order chi connectivity index (χ0) is 20.4. The van der Waals surface area contributed by atoms with Crippen molar-refractivity contribution in [2.45, 2.75) is 38.2 Å². The molecule has 4 rings (SSSR count). The monoisotopic (exact) mass is 479 g/mol. The van der Waals surface area contributed by atoms with Gasteiger partial charge in [-0.2, -0.15) is 0 Å². The summed E-state index contributed by atoms with van der Waals surface area (Å²) in [6.45, 7) is 1.28. The average Bonchev–Trinajstić information content (AvgIpc) is 3.44. The normalized spacial score (nSPS) is 17.8. The summed E-state index contributed by atoms with van der Waals surface area (Å²) in [5, 5.41) is 3.45. The second-order valence-electron chi connectivity index (χ2n) is 7.10. The number of anilines is 1. The van der Waals surface area contributed by atoms with Crippen molar-refractivity contribution in [3.63, 3.8) is 0 Å². The number of nitrogens with one attached hydrogen (secondary N) is 1. The molecular weight excluding hydrogens is 458 g/mol. The van der Waals surface area contributed by atoms with E-state index in [1.165, 1.54) is 18.4 Å². The van der Waals surface area contributed by atoms with Gasteiger partial charge in [0.1, 0.15) is 17.4 Å². The Hall–Kier alpha value is -1.90. The number of methoxy groups -OCH3 is 1. The summed E-state index contributed by atoms with van der Waals surface area (Å²) >= 11 is 4.94. The highest BCUT2D eigenvalue weighted by atomic mass is 79.9. The first-order valence-electron chi connectivity index (χ1n) is 9.65. The molecule has 2 aliphatic rings. The van der Waals surface area contributed by atoms with E-state index in [0.29, 0.717) is 33.0 Å². The largest absolute Gasteiger partial charge is 0.490 e. The molecule has 6 nitrogen and oxygen atoms in total. The fourth-order valence-electron chi connectivity index (χ4n) is 3.70. The molecule has 1 atom stereocenters. The smallest absolute Gasteiger partial charge is 0.341 e. The lowest BCUT2D eigenvalue weighted by Crippen LogP contribution is -2.17. The summed E-state index contributed by atoms with van der Waals surface area (Å²) in [7, 11) is 1.36. The Bertz CT molecular complexity index is 935. The van der Waals surface area contributed by atoms with Crippen LogP contribution in [0.2, 0.25) is 0 Å². The Morgan fingerprint density at radius 3 is 2.90 bits per heavy atom. The van der Waals surface area contributed by atoms with Crippen molar-refractivity contribution in [3.05, 3.63) is 44.2 Å². The molecule has 1 saturated heterocycles. The lowest BCUT2D eigenvalue weighted by molar-refractivity contribution is 0.0601. The number of hydrogen-bond acceptors (Lipinski definition) is 6. The first-order valence-corrected chi connectivity index (χ1v) is 11.3. The second-order valence-corrected chi connectivity index (χ2v) is 9.06. The Morgan fingerprint density at radius 2 is 2.17 bits per heavy atom. The molecule has 1 aliphatic carbocycles. The van der Waals surface area contributed by atoms with E-state index in [1.54, 1.807) is 18.2 Å². The summed E-state index contributed by atoms with van der Waals surface area (Å²) in [5.74, 6) is -0.0115. The van der Waals surface area contributed by atoms with Gasteiger partial charge in [-0.3, -0.25) is 4.79 Å². The van der Waals surface area contributed by atoms with Gasteiger partial charge in [0.15, 0.2) is 0 Å². The van der Waals surface area contributed by atoms with Crippen molar-refractivity contribution < 1.29 is 23.8 Å². The van der Waals surface area contributed by atoms with E-state index < -0.39 is 5.97 Å². The van der Waals surface area contributed by atoms with Gasteiger partial charge in [0, 0.05) is 17.0 Å². The molecule has 0 saturated carbocycles. The van der Waals surface area contributed by atoms with E-state index in [0.717, 1.165) is 49.2 Å². The Kier molecular flexibility index (Phi) is 6.22. The number of fused-ring (bicyclic) bond motifs is 1. The summed E-state index contributed by atoms with van der Waals surface area (Å²) in [5.41, 5.74) is 1.98. The van der Waals surface area contributed by atoms with Crippen molar-refractivity contribution in [3.8, 4) is 5.75 Å². The molecule has 8 heteroatoms. The molecule has 1 aromatic carbocycles. The van der Waals surface area contributed by atoms with Crippen molar-refractivity contribution in [1.82, 2.24) is 0 Å². The van der Waals surface area contributed by atoms with Crippen LogP contribution in [0, 0.1) is 0 Å². The van der Waals surface area contributed by atoms with Crippen molar-refractivity contribution in [2.24, 2.45) is 0 Å². The van der Waals surface area contributed by atoms with Gasteiger partial charge in [-0.05, 0) is 71.8 Å². The van der Waals surface area contributed by atoms with Crippen molar-refractivity contribution in [2.75, 3.05) is 25.6 Å². The first kappa shape index (κ1) is 20.4. The molecule has 1 aliphatic heterocycles. The maximum Gasteiger partial charge on any atom is 0.341 e. The number of benzene rings is 1. The highest BCUT2D eigenvalue weighted by molar-refractivity contribution is 9.10. The van der Waals surface area contributed by atoms with Gasteiger partial charge in [-0.1, -0.05) is 0 Å². The summed E-state index contributed by atoms with van der Waals surface area (Å²) < 4.78 is 17.0. The SMILES string of the molecule is COC(=O)c1c(NC(=O)c2ccc(OCC3CCCO3)c(Br)c2)sc2c1CCC2. The Balaban J connectivity index is 1.47. The molecule has 29 heavy (non-hydrogen) atoms. The zero-order valence-electron chi connectivity index (χ0n) is 16.1. The van der Waals surface area contributed by atoms with Crippen LogP contribution in [0.25, 0.3) is 0 Å². The number of aryl methyl sites for hydroxylation is 1. The minimum absolute atomic E-state index is 0.127. The third kappa shape index (κ3) is 4.34. The molecule has 1 fully saturated rings. The van der Waals surface area contributed by atoms with Gasteiger partial charge < -0.3 is 19.5 Å². The van der Waals surface area contributed by atoms with Gasteiger partial charge in [0.2, 0.25) is 0 Å². The number of halogens is 1. The molecule has 1 N–H and O–H groups in total. The fourth-order valence-corrected chi connectivity index (χ4v) is 5.47. The molecule has 0 bridgehead atoms. The standard InChI is InChI=1S/C21H22BrNO5S/c1-26-21(25)18-14-5-2-6-17(14)29-20(18)23-19(24)12-7-8-16(15(22)10-12)28-11-13-4-3-9-27-13/h7-8,10,13H,2-6,9,11H2,1H3,(H,23,24). The number of esters is 1. The molecule has 1 unspecified atom stereocenters. The number of carbonyl (C=O) groups is 2. The molecular formula is C21H22BrNO5S. The predicted octanol–water partition coefficient (Wildman–Crippen LogP) is 4.60. The Labute approximate surface area is 181 Å². The van der Waals surface area contributed by atoms with Crippen LogP contribution in [0.1, 0.15) is 50.4 Å².